The number of amides is 1. The van der Waals surface area contributed by atoms with E-state index in [0.717, 1.165) is 11.3 Å². The van der Waals surface area contributed by atoms with Crippen molar-refractivity contribution in [3.63, 3.8) is 0 Å². The van der Waals surface area contributed by atoms with E-state index < -0.39 is 0 Å². The molecule has 0 bridgehead atoms. The van der Waals surface area contributed by atoms with E-state index in [0.29, 0.717) is 32.9 Å². The second-order valence-electron chi connectivity index (χ2n) is 4.44. The van der Waals surface area contributed by atoms with Crippen LogP contribution in [0.25, 0.3) is 6.08 Å². The Bertz CT molecular complexity index is 473. The van der Waals surface area contributed by atoms with Crippen LogP contribution < -0.4 is 4.74 Å². The molecule has 1 aliphatic heterocycles. The van der Waals surface area contributed by atoms with Gasteiger partial charge >= 0.3 is 0 Å². The number of benzene rings is 1. The van der Waals surface area contributed by atoms with Gasteiger partial charge in [0.15, 0.2) is 0 Å². The summed E-state index contributed by atoms with van der Waals surface area (Å²) < 4.78 is 10.6. The van der Waals surface area contributed by atoms with E-state index in [1.807, 2.05) is 30.3 Å². The Morgan fingerprint density at radius 3 is 2.65 bits per heavy atom. The zero-order valence-electron chi connectivity index (χ0n) is 11.5. The van der Waals surface area contributed by atoms with E-state index >= 15 is 0 Å². The van der Waals surface area contributed by atoms with Crippen molar-refractivity contribution in [1.82, 2.24) is 4.90 Å². The molecule has 0 aromatic heterocycles. The molecule has 1 aromatic rings. The summed E-state index contributed by atoms with van der Waals surface area (Å²) in [7, 11) is 0. The van der Waals surface area contributed by atoms with Crippen molar-refractivity contribution in [1.29, 1.82) is 0 Å². The molecular weight excluding hydrogens is 254 g/mol. The molecule has 20 heavy (non-hydrogen) atoms. The van der Waals surface area contributed by atoms with E-state index in [4.69, 9.17) is 9.47 Å². The number of carbonyl (C=O) groups is 1. The highest BCUT2D eigenvalue weighted by atomic mass is 16.5. The highest BCUT2D eigenvalue weighted by Crippen LogP contribution is 2.13. The van der Waals surface area contributed by atoms with Gasteiger partial charge in [-0.15, -0.1) is 0 Å². The Morgan fingerprint density at radius 1 is 1.30 bits per heavy atom. The first-order chi connectivity index (χ1) is 9.79. The number of carbonyl (C=O) groups excluding carboxylic acids is 1. The first-order valence-electron chi connectivity index (χ1n) is 6.68. The van der Waals surface area contributed by atoms with Gasteiger partial charge in [-0.05, 0) is 23.8 Å². The van der Waals surface area contributed by atoms with Gasteiger partial charge in [-0.25, -0.2) is 0 Å². The van der Waals surface area contributed by atoms with Crippen LogP contribution in [-0.4, -0.2) is 43.7 Å². The lowest BCUT2D eigenvalue weighted by Crippen LogP contribution is -2.39. The summed E-state index contributed by atoms with van der Waals surface area (Å²) in [6, 6.07) is 7.59. The van der Waals surface area contributed by atoms with Crippen LogP contribution >= 0.6 is 0 Å². The first kappa shape index (κ1) is 14.3. The molecule has 2 rings (SSSR count). The minimum atomic E-state index is 0.0280. The fraction of sp³-hybridized carbons (Fsp3) is 0.312. The van der Waals surface area contributed by atoms with E-state index in [1.165, 1.54) is 0 Å². The smallest absolute Gasteiger partial charge is 0.246 e. The van der Waals surface area contributed by atoms with Crippen molar-refractivity contribution in [3.8, 4) is 5.75 Å². The van der Waals surface area contributed by atoms with Crippen LogP contribution in [0.1, 0.15) is 5.56 Å². The Hall–Kier alpha value is -2.07. The van der Waals surface area contributed by atoms with Gasteiger partial charge in [-0.3, -0.25) is 4.79 Å². The molecular formula is C16H19NO3. The SMILES string of the molecule is C=CCOc1ccc(C=CC(=O)N2CCOCC2)cc1. The predicted octanol–water partition coefficient (Wildman–Crippen LogP) is 2.12. The fourth-order valence-corrected chi connectivity index (χ4v) is 1.89. The molecule has 1 aromatic carbocycles. The third kappa shape index (κ3) is 4.24. The maximum Gasteiger partial charge on any atom is 0.246 e. The number of morpholine rings is 1. The molecule has 1 heterocycles. The van der Waals surface area contributed by atoms with Crippen LogP contribution in [0.4, 0.5) is 0 Å². The van der Waals surface area contributed by atoms with Gasteiger partial charge in [-0.1, -0.05) is 24.8 Å². The third-order valence-electron chi connectivity index (χ3n) is 2.99. The zero-order chi connectivity index (χ0) is 14.2. The molecule has 106 valence electrons. The molecule has 4 nitrogen and oxygen atoms in total. The molecule has 0 N–H and O–H groups in total. The summed E-state index contributed by atoms with van der Waals surface area (Å²) in [6.07, 6.45) is 5.12. The number of nitrogens with zero attached hydrogens (tertiary/aromatic N) is 1. The lowest BCUT2D eigenvalue weighted by Gasteiger charge is -2.25. The first-order valence-corrected chi connectivity index (χ1v) is 6.68. The molecule has 0 aliphatic carbocycles. The average Bonchev–Trinajstić information content (AvgIpc) is 2.52. The van der Waals surface area contributed by atoms with Crippen LogP contribution in [0.5, 0.6) is 5.75 Å². The lowest BCUT2D eigenvalue weighted by atomic mass is 10.2. The number of ether oxygens (including phenoxy) is 2. The van der Waals surface area contributed by atoms with Crippen LogP contribution in [0.3, 0.4) is 0 Å². The third-order valence-corrected chi connectivity index (χ3v) is 2.99. The van der Waals surface area contributed by atoms with E-state index in [2.05, 4.69) is 6.58 Å². The Kier molecular flexibility index (Phi) is 5.38. The normalized spacial score (nSPS) is 15.3. The maximum atomic E-state index is 11.9. The van der Waals surface area contributed by atoms with Gasteiger partial charge in [0, 0.05) is 19.2 Å². The van der Waals surface area contributed by atoms with E-state index in [9.17, 15) is 4.79 Å². The van der Waals surface area contributed by atoms with Crippen LogP contribution in [0.2, 0.25) is 0 Å². The zero-order valence-corrected chi connectivity index (χ0v) is 11.5. The summed E-state index contributed by atoms with van der Waals surface area (Å²) in [5.74, 6) is 0.821. The summed E-state index contributed by atoms with van der Waals surface area (Å²) in [4.78, 5) is 13.7. The second-order valence-corrected chi connectivity index (χ2v) is 4.44. The van der Waals surface area contributed by atoms with Crippen molar-refractivity contribution < 1.29 is 14.3 Å². The molecule has 0 radical (unpaired) electrons. The highest BCUT2D eigenvalue weighted by molar-refractivity contribution is 5.91. The van der Waals surface area contributed by atoms with Gasteiger partial charge in [0.05, 0.1) is 13.2 Å². The van der Waals surface area contributed by atoms with Crippen LogP contribution in [0, 0.1) is 0 Å². The van der Waals surface area contributed by atoms with Crippen molar-refractivity contribution in [3.05, 3.63) is 48.6 Å². The highest BCUT2D eigenvalue weighted by Gasteiger charge is 2.13. The minimum Gasteiger partial charge on any atom is -0.490 e. The maximum absolute atomic E-state index is 11.9. The Balaban J connectivity index is 1.89. The Morgan fingerprint density at radius 2 is 2.00 bits per heavy atom. The summed E-state index contributed by atoms with van der Waals surface area (Å²) in [6.45, 7) is 6.66. The molecule has 0 saturated carbocycles. The summed E-state index contributed by atoms with van der Waals surface area (Å²) >= 11 is 0. The van der Waals surface area contributed by atoms with Gasteiger partial charge in [-0.2, -0.15) is 0 Å². The topological polar surface area (TPSA) is 38.8 Å². The predicted molar refractivity (Wildman–Crippen MR) is 78.6 cm³/mol. The molecule has 1 saturated heterocycles. The largest absolute Gasteiger partial charge is 0.490 e. The van der Waals surface area contributed by atoms with Gasteiger partial charge < -0.3 is 14.4 Å². The molecule has 1 aliphatic rings. The summed E-state index contributed by atoms with van der Waals surface area (Å²) in [5.41, 5.74) is 0.970. The molecule has 1 amide bonds. The molecule has 0 spiro atoms. The molecule has 1 fully saturated rings. The minimum absolute atomic E-state index is 0.0280. The average molecular weight is 273 g/mol. The number of rotatable bonds is 5. The lowest BCUT2D eigenvalue weighted by molar-refractivity contribution is -0.129. The van der Waals surface area contributed by atoms with E-state index in [-0.39, 0.29) is 5.91 Å². The second kappa shape index (κ2) is 7.50. The fourth-order valence-electron chi connectivity index (χ4n) is 1.89. The van der Waals surface area contributed by atoms with Crippen molar-refractivity contribution in [2.24, 2.45) is 0 Å². The van der Waals surface area contributed by atoms with Crippen LogP contribution in [-0.2, 0) is 9.53 Å². The number of hydrogen-bond acceptors (Lipinski definition) is 3. The summed E-state index contributed by atoms with van der Waals surface area (Å²) in [5, 5.41) is 0. The number of hydrogen-bond donors (Lipinski definition) is 0. The van der Waals surface area contributed by atoms with Crippen molar-refractivity contribution in [2.75, 3.05) is 32.9 Å². The van der Waals surface area contributed by atoms with E-state index in [1.54, 1.807) is 17.1 Å². The Labute approximate surface area is 119 Å². The molecule has 4 heteroatoms. The standard InChI is InChI=1S/C16H19NO3/c1-2-11-20-15-6-3-14(4-7-15)5-8-16(18)17-9-12-19-13-10-17/h2-8H,1,9-13H2. The quantitative estimate of drug-likeness (QED) is 0.609. The van der Waals surface area contributed by atoms with Crippen molar-refractivity contribution >= 4 is 12.0 Å². The van der Waals surface area contributed by atoms with Crippen molar-refractivity contribution in [2.45, 2.75) is 0 Å². The van der Waals surface area contributed by atoms with Gasteiger partial charge in [0.25, 0.3) is 0 Å². The van der Waals surface area contributed by atoms with Crippen LogP contribution in [0.15, 0.2) is 43.0 Å². The molecule has 0 atom stereocenters. The monoisotopic (exact) mass is 273 g/mol. The molecule has 0 unspecified atom stereocenters. The van der Waals surface area contributed by atoms with Gasteiger partial charge in [0.2, 0.25) is 5.91 Å². The van der Waals surface area contributed by atoms with Gasteiger partial charge in [0.1, 0.15) is 12.4 Å².